The Morgan fingerprint density at radius 1 is 1.32 bits per heavy atom. The van der Waals surface area contributed by atoms with Crippen molar-refractivity contribution in [3.8, 4) is 0 Å². The molecule has 0 aliphatic carbocycles. The molecule has 0 aromatic carbocycles. The third-order valence-electron chi connectivity index (χ3n) is 6.99. The highest BCUT2D eigenvalue weighted by atomic mass is 31.2. The van der Waals surface area contributed by atoms with Crippen LogP contribution in [0.1, 0.15) is 33.1 Å². The Kier molecular flexibility index (Phi) is 3.51. The molecule has 5 rings (SSSR count). The van der Waals surface area contributed by atoms with Gasteiger partial charge in [0.15, 0.2) is 23.7 Å². The van der Waals surface area contributed by atoms with Gasteiger partial charge < -0.3 is 0 Å². The van der Waals surface area contributed by atoms with Crippen molar-refractivity contribution in [3.05, 3.63) is 36.1 Å². The van der Waals surface area contributed by atoms with Crippen molar-refractivity contribution in [2.75, 3.05) is 20.6 Å². The Bertz CT molecular complexity index is 777. The molecule has 0 radical (unpaired) electrons. The van der Waals surface area contributed by atoms with Crippen LogP contribution in [0.15, 0.2) is 36.1 Å². The van der Waals surface area contributed by atoms with Crippen molar-refractivity contribution in [1.29, 1.82) is 0 Å². The molecule has 1 fully saturated rings. The molecule has 0 aromatic rings. The maximum Gasteiger partial charge on any atom is 0.723 e. The van der Waals surface area contributed by atoms with Gasteiger partial charge in [-0.1, -0.05) is 22.6 Å². The van der Waals surface area contributed by atoms with Gasteiger partial charge in [0.05, 0.1) is 19.5 Å². The minimum absolute atomic E-state index is 0.403. The third kappa shape index (κ3) is 1.99. The van der Waals surface area contributed by atoms with Crippen molar-refractivity contribution in [2.45, 2.75) is 57.3 Å². The van der Waals surface area contributed by atoms with Crippen LogP contribution in [-0.4, -0.2) is 74.6 Å². The summed E-state index contributed by atoms with van der Waals surface area (Å²) in [5.41, 5.74) is 3.25. The summed E-state index contributed by atoms with van der Waals surface area (Å²) >= 11 is 0. The lowest BCUT2D eigenvalue weighted by atomic mass is 9.93. The molecule has 1 saturated heterocycles. The number of hydrogen-bond donors (Lipinski definition) is 0. The first-order valence-electron chi connectivity index (χ1n) is 9.69. The van der Waals surface area contributed by atoms with Crippen LogP contribution >= 0.6 is 8.37 Å². The number of nitrogens with zero attached hydrogens (tertiary/aromatic N) is 4. The highest BCUT2D eigenvalue weighted by Gasteiger charge is 2.78. The zero-order valence-corrected chi connectivity index (χ0v) is 16.7. The van der Waals surface area contributed by atoms with Crippen LogP contribution < -0.4 is 0 Å². The second-order valence-electron chi connectivity index (χ2n) is 8.37. The van der Waals surface area contributed by atoms with Crippen molar-refractivity contribution >= 4 is 20.3 Å². The standard InChI is InChI=1S/C20H30N4P/c1-15-13-19(17-9-5-7-11-21(17)3)23(15)25-22-12-8-6-10-18(22)20-14-16(2)24(20,25)4/h5-6,8-9,12,14,16-19H,7,10-11,13H2,1-4H3/q+3. The van der Waals surface area contributed by atoms with E-state index in [9.17, 15) is 0 Å². The summed E-state index contributed by atoms with van der Waals surface area (Å²) in [4.78, 5) is 2.56. The van der Waals surface area contributed by atoms with Gasteiger partial charge in [-0.15, -0.1) is 4.35 Å². The van der Waals surface area contributed by atoms with Gasteiger partial charge in [-0.25, -0.2) is 0 Å². The molecule has 4 nitrogen and oxygen atoms in total. The molecule has 132 valence electrons. The molecule has 0 aromatic heterocycles. The molecule has 6 atom stereocenters. The first-order chi connectivity index (χ1) is 12.0. The lowest BCUT2D eigenvalue weighted by molar-refractivity contribution is -0.814. The molecule has 5 aliphatic heterocycles. The van der Waals surface area contributed by atoms with Crippen LogP contribution in [0.25, 0.3) is 0 Å². The monoisotopic (exact) mass is 357 g/mol. The lowest BCUT2D eigenvalue weighted by Crippen LogP contribution is -2.58. The quantitative estimate of drug-likeness (QED) is 0.545. The van der Waals surface area contributed by atoms with Crippen LogP contribution in [0.4, 0.5) is 0 Å². The summed E-state index contributed by atoms with van der Waals surface area (Å²) in [6.07, 6.45) is 18.0. The first kappa shape index (κ1) is 16.1. The van der Waals surface area contributed by atoms with Crippen molar-refractivity contribution < 1.29 is 12.9 Å². The molecular weight excluding hydrogens is 327 g/mol. The van der Waals surface area contributed by atoms with Crippen molar-refractivity contribution in [3.63, 3.8) is 0 Å². The van der Waals surface area contributed by atoms with E-state index < -0.39 is 8.37 Å². The molecule has 0 spiro atoms. The predicted octanol–water partition coefficient (Wildman–Crippen LogP) is 2.88. The van der Waals surface area contributed by atoms with Gasteiger partial charge in [-0.2, -0.15) is 4.25 Å². The molecule has 0 amide bonds. The topological polar surface area (TPSA) is 9.26 Å². The highest BCUT2D eigenvalue weighted by molar-refractivity contribution is 7.38. The maximum atomic E-state index is 2.82. The molecule has 5 heteroatoms. The fourth-order valence-electron chi connectivity index (χ4n) is 5.35. The molecule has 6 unspecified atom stereocenters. The average molecular weight is 357 g/mol. The molecule has 0 saturated carbocycles. The number of hydrogen-bond acceptors (Lipinski definition) is 1. The lowest BCUT2D eigenvalue weighted by Gasteiger charge is -2.41. The first-order valence-corrected chi connectivity index (χ1v) is 10.9. The Morgan fingerprint density at radius 2 is 2.16 bits per heavy atom. The van der Waals surface area contributed by atoms with Crippen LogP contribution in [0.2, 0.25) is 0 Å². The summed E-state index contributed by atoms with van der Waals surface area (Å²) < 4.78 is 6.68. The molecule has 5 heterocycles. The second-order valence-corrected chi connectivity index (χ2v) is 10.6. The van der Waals surface area contributed by atoms with E-state index >= 15 is 0 Å². The summed E-state index contributed by atoms with van der Waals surface area (Å²) in [7, 11) is 4.38. The number of rotatable bonds is 2. The van der Waals surface area contributed by atoms with Gasteiger partial charge in [0, 0.05) is 26.0 Å². The second kappa shape index (κ2) is 5.45. The summed E-state index contributed by atoms with van der Waals surface area (Å²) in [6, 6.07) is 2.42. The number of quaternary nitrogens is 1. The Balaban J connectivity index is 1.57. The molecule has 5 aliphatic rings. The summed E-state index contributed by atoms with van der Waals surface area (Å²) in [5, 5.41) is 0. The smallest absolute Gasteiger partial charge is 0.294 e. The van der Waals surface area contributed by atoms with E-state index in [2.05, 4.69) is 78.1 Å². The van der Waals surface area contributed by atoms with E-state index in [1.807, 2.05) is 0 Å². The predicted molar refractivity (Wildman–Crippen MR) is 104 cm³/mol. The van der Waals surface area contributed by atoms with Crippen molar-refractivity contribution in [1.82, 2.24) is 4.90 Å². The summed E-state index contributed by atoms with van der Waals surface area (Å²) in [6.45, 7) is 5.96. The van der Waals surface area contributed by atoms with Gasteiger partial charge in [-0.3, -0.25) is 4.90 Å². The molecule has 0 bridgehead atoms. The van der Waals surface area contributed by atoms with Crippen LogP contribution in [0.3, 0.4) is 0 Å². The Hall–Kier alpha value is -1.09. The SMILES string of the molecule is CC1=[N+](P2[N+]3=CC=CCC3C3=CC(C)[N+]32C)C(C2C=CCCN2C)C1. The molecule has 25 heavy (non-hydrogen) atoms. The zero-order chi connectivity index (χ0) is 17.3. The van der Waals surface area contributed by atoms with E-state index in [0.717, 1.165) is 4.25 Å². The Labute approximate surface area is 152 Å². The zero-order valence-electron chi connectivity index (χ0n) is 15.8. The van der Waals surface area contributed by atoms with Gasteiger partial charge in [0.1, 0.15) is 6.04 Å². The minimum Gasteiger partial charge on any atom is -0.294 e. The highest BCUT2D eigenvalue weighted by Crippen LogP contribution is 2.67. The average Bonchev–Trinajstić information content (AvgIpc) is 2.80. The molecule has 0 N–H and O–H groups in total. The van der Waals surface area contributed by atoms with Crippen LogP contribution in [-0.2, 0) is 0 Å². The fraction of sp³-hybridized carbons (Fsp3) is 0.600. The number of allylic oxidation sites excluding steroid dienone is 1. The van der Waals surface area contributed by atoms with Crippen LogP contribution in [0, 0.1) is 0 Å². The normalized spacial score (nSPS) is 45.4. The largest absolute Gasteiger partial charge is 0.723 e. The summed E-state index contributed by atoms with van der Waals surface area (Å²) in [5.74, 6) is 0. The number of fused-ring (bicyclic) bond motifs is 3. The maximum absolute atomic E-state index is 2.82. The minimum atomic E-state index is -0.403. The van der Waals surface area contributed by atoms with Gasteiger partial charge >= 0.3 is 8.37 Å². The van der Waals surface area contributed by atoms with Gasteiger partial charge in [-0.05, 0) is 26.5 Å². The fourth-order valence-corrected chi connectivity index (χ4v) is 8.73. The van der Waals surface area contributed by atoms with E-state index in [1.54, 1.807) is 11.4 Å². The number of likely N-dealkylation sites (N-methyl/N-ethyl adjacent to an activating group) is 2. The van der Waals surface area contributed by atoms with E-state index in [4.69, 9.17) is 0 Å². The van der Waals surface area contributed by atoms with Gasteiger partial charge in [0.25, 0.3) is 0 Å². The molecular formula is C20H30N4P+3. The Morgan fingerprint density at radius 3 is 2.88 bits per heavy atom. The van der Waals surface area contributed by atoms with E-state index in [0.29, 0.717) is 24.2 Å². The third-order valence-corrected chi connectivity index (χ3v) is 10.2. The van der Waals surface area contributed by atoms with E-state index in [-0.39, 0.29) is 0 Å². The van der Waals surface area contributed by atoms with Gasteiger partial charge in [0.2, 0.25) is 6.04 Å². The van der Waals surface area contributed by atoms with Crippen LogP contribution in [0.5, 0.6) is 0 Å². The van der Waals surface area contributed by atoms with Crippen molar-refractivity contribution in [2.24, 2.45) is 0 Å². The van der Waals surface area contributed by atoms with E-state index in [1.165, 1.54) is 25.8 Å².